The van der Waals surface area contributed by atoms with Crippen molar-refractivity contribution in [1.29, 1.82) is 0 Å². The van der Waals surface area contributed by atoms with Gasteiger partial charge in [-0.3, -0.25) is 4.79 Å². The number of amides is 1. The molecule has 9 heteroatoms. The molecule has 0 heterocycles. The van der Waals surface area contributed by atoms with Gasteiger partial charge >= 0.3 is 11.9 Å². The second-order valence-corrected chi connectivity index (χ2v) is 6.17. The summed E-state index contributed by atoms with van der Waals surface area (Å²) in [6.07, 6.45) is 0. The van der Waals surface area contributed by atoms with Gasteiger partial charge in [-0.05, 0) is 30.3 Å². The first-order valence-corrected chi connectivity index (χ1v) is 8.52. The zero-order valence-corrected chi connectivity index (χ0v) is 15.2. The maximum absolute atomic E-state index is 13.6. The van der Waals surface area contributed by atoms with Gasteiger partial charge in [-0.1, -0.05) is 0 Å². The third-order valence-corrected chi connectivity index (χ3v) is 4.42. The molecular weight excluding hydrogens is 380 g/mol. The molecule has 0 unspecified atom stereocenters. The normalized spacial score (nSPS) is 10.2. The molecule has 2 aromatic rings. The monoisotopic (exact) mass is 395 g/mol. The summed E-state index contributed by atoms with van der Waals surface area (Å²) in [7, 11) is 2.37. The third kappa shape index (κ3) is 5.27. The van der Waals surface area contributed by atoms with Crippen molar-refractivity contribution in [2.45, 2.75) is 4.90 Å². The van der Waals surface area contributed by atoms with Crippen LogP contribution in [0.1, 0.15) is 20.7 Å². The summed E-state index contributed by atoms with van der Waals surface area (Å²) in [5.41, 5.74) is 0.212. The zero-order valence-electron chi connectivity index (χ0n) is 14.4. The van der Waals surface area contributed by atoms with Crippen LogP contribution in [-0.4, -0.2) is 37.8 Å². The Kier molecular flexibility index (Phi) is 6.89. The number of anilines is 1. The summed E-state index contributed by atoms with van der Waals surface area (Å²) in [4.78, 5) is 35.8. The minimum Gasteiger partial charge on any atom is -0.465 e. The molecule has 0 aliphatic heterocycles. The molecule has 1 N–H and O–H groups in total. The van der Waals surface area contributed by atoms with Crippen molar-refractivity contribution >= 4 is 35.3 Å². The smallest absolute Gasteiger partial charge is 0.339 e. The lowest BCUT2D eigenvalue weighted by atomic mass is 10.1. The first-order chi connectivity index (χ1) is 12.8. The van der Waals surface area contributed by atoms with E-state index < -0.39 is 29.5 Å². The summed E-state index contributed by atoms with van der Waals surface area (Å²) in [6.45, 7) is 0. The van der Waals surface area contributed by atoms with E-state index in [1.807, 2.05) is 0 Å². The van der Waals surface area contributed by atoms with E-state index in [1.54, 1.807) is 0 Å². The van der Waals surface area contributed by atoms with Crippen LogP contribution >= 0.6 is 11.8 Å². The van der Waals surface area contributed by atoms with Crippen molar-refractivity contribution in [1.82, 2.24) is 0 Å². The lowest BCUT2D eigenvalue weighted by Crippen LogP contribution is -2.18. The average molecular weight is 395 g/mol. The van der Waals surface area contributed by atoms with Crippen LogP contribution in [0.4, 0.5) is 14.5 Å². The van der Waals surface area contributed by atoms with E-state index >= 15 is 0 Å². The summed E-state index contributed by atoms with van der Waals surface area (Å²) in [5, 5.41) is 2.48. The molecule has 0 saturated carbocycles. The maximum atomic E-state index is 13.6. The molecule has 0 bridgehead atoms. The quantitative estimate of drug-likeness (QED) is 0.597. The van der Waals surface area contributed by atoms with Crippen molar-refractivity contribution in [3.8, 4) is 0 Å². The first kappa shape index (κ1) is 20.4. The van der Waals surface area contributed by atoms with E-state index in [0.29, 0.717) is 0 Å². The van der Waals surface area contributed by atoms with Crippen molar-refractivity contribution in [3.63, 3.8) is 0 Å². The van der Waals surface area contributed by atoms with Gasteiger partial charge in [-0.15, -0.1) is 11.8 Å². The summed E-state index contributed by atoms with van der Waals surface area (Å²) in [6, 6.07) is 6.98. The highest BCUT2D eigenvalue weighted by Gasteiger charge is 2.18. The molecule has 2 rings (SSSR count). The number of methoxy groups -OCH3 is 2. The van der Waals surface area contributed by atoms with Gasteiger partial charge < -0.3 is 14.8 Å². The molecule has 0 aromatic heterocycles. The van der Waals surface area contributed by atoms with E-state index in [-0.39, 0.29) is 27.5 Å². The third-order valence-electron chi connectivity index (χ3n) is 3.37. The number of benzene rings is 2. The zero-order chi connectivity index (χ0) is 20.0. The topological polar surface area (TPSA) is 81.7 Å². The van der Waals surface area contributed by atoms with Crippen molar-refractivity contribution in [2.24, 2.45) is 0 Å². The molecule has 0 spiro atoms. The minimum absolute atomic E-state index is 0.0384. The molecule has 27 heavy (non-hydrogen) atoms. The Morgan fingerprint density at radius 2 is 1.70 bits per heavy atom. The number of thioether (sulfide) groups is 1. The molecule has 0 aliphatic carbocycles. The Balaban J connectivity index is 2.16. The number of nitrogens with one attached hydrogen (secondary N) is 1. The van der Waals surface area contributed by atoms with Crippen LogP contribution in [0.15, 0.2) is 41.3 Å². The fourth-order valence-electron chi connectivity index (χ4n) is 2.10. The van der Waals surface area contributed by atoms with Crippen LogP contribution in [-0.2, 0) is 14.3 Å². The largest absolute Gasteiger partial charge is 0.465 e. The van der Waals surface area contributed by atoms with Gasteiger partial charge in [0.15, 0.2) is 0 Å². The molecule has 0 saturated heterocycles. The Hall–Kier alpha value is -2.94. The van der Waals surface area contributed by atoms with Crippen LogP contribution in [0.25, 0.3) is 0 Å². The lowest BCUT2D eigenvalue weighted by Gasteiger charge is -2.11. The highest BCUT2D eigenvalue weighted by atomic mass is 32.2. The maximum Gasteiger partial charge on any atom is 0.339 e. The molecule has 142 valence electrons. The number of rotatable bonds is 6. The van der Waals surface area contributed by atoms with Gasteiger partial charge in [0.25, 0.3) is 0 Å². The molecule has 0 aliphatic rings. The number of ether oxygens (including phenoxy) is 2. The average Bonchev–Trinajstić information content (AvgIpc) is 2.66. The Morgan fingerprint density at radius 1 is 1.00 bits per heavy atom. The summed E-state index contributed by atoms with van der Waals surface area (Å²) >= 11 is 0.857. The highest BCUT2D eigenvalue weighted by Crippen LogP contribution is 2.24. The van der Waals surface area contributed by atoms with Crippen molar-refractivity contribution in [2.75, 3.05) is 25.3 Å². The van der Waals surface area contributed by atoms with Gasteiger partial charge in [0.2, 0.25) is 5.91 Å². The summed E-state index contributed by atoms with van der Waals surface area (Å²) in [5.74, 6) is -3.62. The van der Waals surface area contributed by atoms with Gasteiger partial charge in [0.05, 0.1) is 36.8 Å². The lowest BCUT2D eigenvalue weighted by molar-refractivity contribution is -0.113. The van der Waals surface area contributed by atoms with Crippen molar-refractivity contribution < 1.29 is 32.6 Å². The number of esters is 2. The van der Waals surface area contributed by atoms with Crippen LogP contribution in [0.3, 0.4) is 0 Å². The van der Waals surface area contributed by atoms with E-state index in [9.17, 15) is 23.2 Å². The van der Waals surface area contributed by atoms with Crippen molar-refractivity contribution in [3.05, 3.63) is 59.2 Å². The second-order valence-electron chi connectivity index (χ2n) is 5.16. The highest BCUT2D eigenvalue weighted by molar-refractivity contribution is 8.00. The SMILES string of the molecule is COC(=O)c1ccc(C(=O)OC)c(NC(=O)CSc2ccc(F)cc2F)c1. The Bertz CT molecular complexity index is 888. The Morgan fingerprint density at radius 3 is 2.33 bits per heavy atom. The summed E-state index contributed by atoms with van der Waals surface area (Å²) < 4.78 is 35.8. The molecule has 0 radical (unpaired) electrons. The van der Waals surface area contributed by atoms with Crippen LogP contribution < -0.4 is 5.32 Å². The molecule has 0 fully saturated rings. The van der Waals surface area contributed by atoms with E-state index in [1.165, 1.54) is 38.5 Å². The number of hydrogen-bond acceptors (Lipinski definition) is 6. The second kappa shape index (κ2) is 9.13. The van der Waals surface area contributed by atoms with Gasteiger partial charge in [0, 0.05) is 11.0 Å². The van der Waals surface area contributed by atoms with Crippen LogP contribution in [0.5, 0.6) is 0 Å². The number of halogens is 2. The first-order valence-electron chi connectivity index (χ1n) is 7.54. The number of carbonyl (C=O) groups excluding carboxylic acids is 3. The van der Waals surface area contributed by atoms with E-state index in [0.717, 1.165) is 23.9 Å². The molecule has 1 amide bonds. The standard InChI is InChI=1S/C18H15F2NO5S/c1-25-17(23)10-3-5-12(18(24)26-2)14(7-10)21-16(22)9-27-15-6-4-11(19)8-13(15)20/h3-8H,9H2,1-2H3,(H,21,22). The fraction of sp³-hybridized carbons (Fsp3) is 0.167. The predicted molar refractivity (Wildman–Crippen MR) is 94.8 cm³/mol. The van der Waals surface area contributed by atoms with Gasteiger partial charge in [0.1, 0.15) is 11.6 Å². The van der Waals surface area contributed by atoms with Gasteiger partial charge in [-0.2, -0.15) is 0 Å². The Labute approximate surface area is 157 Å². The number of hydrogen-bond donors (Lipinski definition) is 1. The van der Waals surface area contributed by atoms with Crippen LogP contribution in [0.2, 0.25) is 0 Å². The molecular formula is C18H15F2NO5S. The molecule has 2 aromatic carbocycles. The minimum atomic E-state index is -0.782. The fourth-order valence-corrected chi connectivity index (χ4v) is 2.82. The molecule has 0 atom stereocenters. The number of carbonyl (C=O) groups is 3. The van der Waals surface area contributed by atoms with E-state index in [2.05, 4.69) is 14.8 Å². The van der Waals surface area contributed by atoms with Gasteiger partial charge in [-0.25, -0.2) is 18.4 Å². The van der Waals surface area contributed by atoms with Crippen LogP contribution in [0, 0.1) is 11.6 Å². The predicted octanol–water partition coefficient (Wildman–Crippen LogP) is 3.27. The molecule has 6 nitrogen and oxygen atoms in total. The van der Waals surface area contributed by atoms with E-state index in [4.69, 9.17) is 0 Å².